The van der Waals surface area contributed by atoms with Crippen LogP contribution in [0.4, 0.5) is 0 Å². The van der Waals surface area contributed by atoms with Gasteiger partial charge in [-0.25, -0.2) is 0 Å². The second kappa shape index (κ2) is 7.94. The van der Waals surface area contributed by atoms with Gasteiger partial charge in [0.2, 0.25) is 5.91 Å². The summed E-state index contributed by atoms with van der Waals surface area (Å²) in [5, 5.41) is 11.9. The molecule has 0 aliphatic heterocycles. The molecule has 1 unspecified atom stereocenters. The molecule has 108 valence electrons. The number of rotatable bonds is 8. The van der Waals surface area contributed by atoms with Crippen LogP contribution < -0.4 is 5.32 Å². The highest BCUT2D eigenvalue weighted by molar-refractivity contribution is 5.78. The SMILES string of the molecule is C=CCN(CC(=O)NC1CCCC1)CC(C)C(=O)O. The van der Waals surface area contributed by atoms with E-state index < -0.39 is 11.9 Å². The molecule has 19 heavy (non-hydrogen) atoms. The second-order valence-corrected chi connectivity index (χ2v) is 5.27. The first-order valence-electron chi connectivity index (χ1n) is 6.88. The molecule has 0 saturated heterocycles. The van der Waals surface area contributed by atoms with Gasteiger partial charge in [-0.15, -0.1) is 6.58 Å². The van der Waals surface area contributed by atoms with Gasteiger partial charge in [0.1, 0.15) is 0 Å². The Balaban J connectivity index is 2.40. The summed E-state index contributed by atoms with van der Waals surface area (Å²) < 4.78 is 0. The molecule has 0 aromatic heterocycles. The van der Waals surface area contributed by atoms with Gasteiger partial charge in [-0.1, -0.05) is 25.8 Å². The van der Waals surface area contributed by atoms with Gasteiger partial charge >= 0.3 is 5.97 Å². The zero-order valence-electron chi connectivity index (χ0n) is 11.6. The lowest BCUT2D eigenvalue weighted by Gasteiger charge is -2.23. The van der Waals surface area contributed by atoms with E-state index in [1.165, 1.54) is 12.8 Å². The van der Waals surface area contributed by atoms with E-state index in [0.29, 0.717) is 19.1 Å². The average molecular weight is 268 g/mol. The van der Waals surface area contributed by atoms with Crippen LogP contribution in [-0.2, 0) is 9.59 Å². The highest BCUT2D eigenvalue weighted by atomic mass is 16.4. The first-order valence-corrected chi connectivity index (χ1v) is 6.88. The van der Waals surface area contributed by atoms with E-state index in [9.17, 15) is 9.59 Å². The molecule has 2 N–H and O–H groups in total. The van der Waals surface area contributed by atoms with Gasteiger partial charge in [0.15, 0.2) is 0 Å². The number of nitrogens with one attached hydrogen (secondary N) is 1. The van der Waals surface area contributed by atoms with E-state index >= 15 is 0 Å². The summed E-state index contributed by atoms with van der Waals surface area (Å²) in [6.07, 6.45) is 6.16. The van der Waals surface area contributed by atoms with Crippen LogP contribution in [0.3, 0.4) is 0 Å². The van der Waals surface area contributed by atoms with Crippen LogP contribution in [0, 0.1) is 5.92 Å². The minimum absolute atomic E-state index is 0.0219. The Kier molecular flexibility index (Phi) is 6.56. The van der Waals surface area contributed by atoms with Crippen LogP contribution in [-0.4, -0.2) is 47.6 Å². The summed E-state index contributed by atoms with van der Waals surface area (Å²) in [7, 11) is 0. The monoisotopic (exact) mass is 268 g/mol. The summed E-state index contributed by atoms with van der Waals surface area (Å²) in [4.78, 5) is 24.6. The fourth-order valence-corrected chi connectivity index (χ4v) is 2.40. The smallest absolute Gasteiger partial charge is 0.307 e. The van der Waals surface area contributed by atoms with Crippen LogP contribution in [0.5, 0.6) is 0 Å². The number of hydrogen-bond donors (Lipinski definition) is 2. The fraction of sp³-hybridized carbons (Fsp3) is 0.714. The predicted octanol–water partition coefficient (Wildman–Crippen LogP) is 1.25. The molecular weight excluding hydrogens is 244 g/mol. The van der Waals surface area contributed by atoms with E-state index in [0.717, 1.165) is 12.8 Å². The molecule has 0 bridgehead atoms. The Labute approximate surface area is 114 Å². The van der Waals surface area contributed by atoms with Crippen molar-refractivity contribution in [3.8, 4) is 0 Å². The zero-order chi connectivity index (χ0) is 14.3. The standard InChI is InChI=1S/C14H24N2O3/c1-3-8-16(9-11(2)14(18)19)10-13(17)15-12-6-4-5-7-12/h3,11-12H,1,4-10H2,2H3,(H,15,17)(H,18,19). The third kappa shape index (κ3) is 5.87. The number of amides is 1. The Bertz CT molecular complexity index is 325. The van der Waals surface area contributed by atoms with Crippen molar-refractivity contribution in [2.45, 2.75) is 38.6 Å². The molecule has 0 aromatic rings. The van der Waals surface area contributed by atoms with Gasteiger partial charge < -0.3 is 10.4 Å². The Hall–Kier alpha value is -1.36. The minimum atomic E-state index is -0.842. The molecule has 0 heterocycles. The van der Waals surface area contributed by atoms with Gasteiger partial charge in [0.05, 0.1) is 12.5 Å². The normalized spacial score (nSPS) is 17.4. The molecule has 0 radical (unpaired) electrons. The van der Waals surface area contributed by atoms with Crippen LogP contribution in [0.2, 0.25) is 0 Å². The molecule has 1 rings (SSSR count). The van der Waals surface area contributed by atoms with Gasteiger partial charge in [-0.3, -0.25) is 14.5 Å². The van der Waals surface area contributed by atoms with E-state index in [2.05, 4.69) is 11.9 Å². The highest BCUT2D eigenvalue weighted by Gasteiger charge is 2.20. The van der Waals surface area contributed by atoms with Crippen molar-refractivity contribution >= 4 is 11.9 Å². The molecule has 1 saturated carbocycles. The molecule has 0 aromatic carbocycles. The van der Waals surface area contributed by atoms with E-state index in [-0.39, 0.29) is 12.5 Å². The molecule has 1 aliphatic rings. The molecular formula is C14H24N2O3. The van der Waals surface area contributed by atoms with Crippen LogP contribution >= 0.6 is 0 Å². The lowest BCUT2D eigenvalue weighted by Crippen LogP contribution is -2.43. The average Bonchev–Trinajstić information content (AvgIpc) is 2.81. The number of aliphatic carboxylic acids is 1. The molecule has 1 aliphatic carbocycles. The van der Waals surface area contributed by atoms with Gasteiger partial charge in [0, 0.05) is 19.1 Å². The third-order valence-corrected chi connectivity index (χ3v) is 3.43. The van der Waals surface area contributed by atoms with Crippen molar-refractivity contribution in [1.29, 1.82) is 0 Å². The summed E-state index contributed by atoms with van der Waals surface area (Å²) in [6.45, 7) is 6.41. The summed E-state index contributed by atoms with van der Waals surface area (Å²) >= 11 is 0. The maximum absolute atomic E-state index is 11.9. The van der Waals surface area contributed by atoms with Crippen molar-refractivity contribution in [3.05, 3.63) is 12.7 Å². The maximum Gasteiger partial charge on any atom is 0.307 e. The van der Waals surface area contributed by atoms with E-state index in [1.807, 2.05) is 4.90 Å². The zero-order valence-corrected chi connectivity index (χ0v) is 11.6. The molecule has 1 amide bonds. The summed E-state index contributed by atoms with van der Waals surface area (Å²) in [5.41, 5.74) is 0. The predicted molar refractivity (Wildman–Crippen MR) is 73.8 cm³/mol. The van der Waals surface area contributed by atoms with Gasteiger partial charge in [0.25, 0.3) is 0 Å². The van der Waals surface area contributed by atoms with Crippen molar-refractivity contribution in [3.63, 3.8) is 0 Å². The topological polar surface area (TPSA) is 69.6 Å². The number of carbonyl (C=O) groups is 2. The van der Waals surface area contributed by atoms with Crippen molar-refractivity contribution < 1.29 is 14.7 Å². The number of nitrogens with zero attached hydrogens (tertiary/aromatic N) is 1. The lowest BCUT2D eigenvalue weighted by molar-refractivity contribution is -0.142. The Morgan fingerprint density at radius 3 is 2.63 bits per heavy atom. The highest BCUT2D eigenvalue weighted by Crippen LogP contribution is 2.17. The van der Waals surface area contributed by atoms with Crippen molar-refractivity contribution in [2.24, 2.45) is 5.92 Å². The minimum Gasteiger partial charge on any atom is -0.481 e. The molecule has 0 spiro atoms. The Morgan fingerprint density at radius 2 is 2.11 bits per heavy atom. The van der Waals surface area contributed by atoms with Gasteiger partial charge in [-0.2, -0.15) is 0 Å². The van der Waals surface area contributed by atoms with Crippen LogP contribution in [0.15, 0.2) is 12.7 Å². The summed E-state index contributed by atoms with van der Waals surface area (Å²) in [6, 6.07) is 0.301. The number of carboxylic acids is 1. The molecule has 5 heteroatoms. The van der Waals surface area contributed by atoms with Crippen molar-refractivity contribution in [1.82, 2.24) is 10.2 Å². The number of carboxylic acid groups (broad SMARTS) is 1. The molecule has 1 fully saturated rings. The maximum atomic E-state index is 11.9. The summed E-state index contributed by atoms with van der Waals surface area (Å²) in [5.74, 6) is -1.35. The molecule has 1 atom stereocenters. The largest absolute Gasteiger partial charge is 0.481 e. The quantitative estimate of drug-likeness (QED) is 0.650. The molecule has 5 nitrogen and oxygen atoms in total. The van der Waals surface area contributed by atoms with Crippen molar-refractivity contribution in [2.75, 3.05) is 19.6 Å². The number of hydrogen-bond acceptors (Lipinski definition) is 3. The first-order chi connectivity index (χ1) is 9.02. The fourth-order valence-electron chi connectivity index (χ4n) is 2.40. The van der Waals surface area contributed by atoms with Crippen LogP contribution in [0.25, 0.3) is 0 Å². The third-order valence-electron chi connectivity index (χ3n) is 3.43. The Morgan fingerprint density at radius 1 is 1.47 bits per heavy atom. The van der Waals surface area contributed by atoms with E-state index in [1.54, 1.807) is 13.0 Å². The second-order valence-electron chi connectivity index (χ2n) is 5.27. The van der Waals surface area contributed by atoms with Gasteiger partial charge in [-0.05, 0) is 12.8 Å². The van der Waals surface area contributed by atoms with E-state index in [4.69, 9.17) is 5.11 Å². The number of carbonyl (C=O) groups excluding carboxylic acids is 1. The first kappa shape index (κ1) is 15.7. The van der Waals surface area contributed by atoms with Crippen LogP contribution in [0.1, 0.15) is 32.6 Å². The lowest BCUT2D eigenvalue weighted by atomic mass is 10.1.